The quantitative estimate of drug-likeness (QED) is 0.739. The van der Waals surface area contributed by atoms with Crippen molar-refractivity contribution < 1.29 is 12.8 Å². The fraction of sp³-hybridized carbons (Fsp3) is 0.167. The van der Waals surface area contributed by atoms with Crippen LogP contribution in [0.1, 0.15) is 11.5 Å². The summed E-state index contributed by atoms with van der Waals surface area (Å²) < 4.78 is 33.4. The second-order valence-corrected chi connectivity index (χ2v) is 7.62. The fourth-order valence-corrected chi connectivity index (χ4v) is 4.74. The van der Waals surface area contributed by atoms with E-state index in [1.54, 1.807) is 25.1 Å². The Morgan fingerprint density at radius 3 is 2.55 bits per heavy atom. The Balaban J connectivity index is 2.27. The highest BCUT2D eigenvalue weighted by molar-refractivity contribution is 9.11. The van der Waals surface area contributed by atoms with Crippen molar-refractivity contribution in [1.82, 2.24) is 4.72 Å². The molecule has 1 heterocycles. The van der Waals surface area contributed by atoms with Crippen LogP contribution in [0.2, 0.25) is 0 Å². The molecule has 2 aromatic rings. The van der Waals surface area contributed by atoms with E-state index in [4.69, 9.17) is 10.2 Å². The number of benzene rings is 1. The van der Waals surface area contributed by atoms with Crippen molar-refractivity contribution in [2.45, 2.75) is 18.4 Å². The molecule has 0 fully saturated rings. The molecule has 0 bridgehead atoms. The maximum atomic E-state index is 12.3. The molecule has 1 aromatic carbocycles. The number of aryl methyl sites for hydroxylation is 1. The maximum Gasteiger partial charge on any atom is 0.244 e. The molecule has 8 heteroatoms. The van der Waals surface area contributed by atoms with E-state index in [0.717, 1.165) is 5.76 Å². The average Bonchev–Trinajstić information content (AvgIpc) is 2.71. The van der Waals surface area contributed by atoms with Gasteiger partial charge in [0.05, 0.1) is 12.2 Å². The molecular weight excluding hydrogens is 412 g/mol. The molecule has 0 unspecified atom stereocenters. The molecule has 3 N–H and O–H groups in total. The van der Waals surface area contributed by atoms with Gasteiger partial charge in [-0.25, -0.2) is 13.1 Å². The van der Waals surface area contributed by atoms with Crippen molar-refractivity contribution in [3.8, 4) is 0 Å². The molecular formula is C12H12Br2N2O3S. The number of sulfonamides is 1. The minimum atomic E-state index is -3.73. The minimum Gasteiger partial charge on any atom is -0.465 e. The molecule has 1 aromatic heterocycles. The SMILES string of the molecule is Cc1ccc(CNS(=O)(=O)c2c(N)cc(Br)cc2Br)o1. The third-order valence-electron chi connectivity index (χ3n) is 2.54. The van der Waals surface area contributed by atoms with Gasteiger partial charge in [0.1, 0.15) is 16.4 Å². The van der Waals surface area contributed by atoms with Crippen molar-refractivity contribution in [1.29, 1.82) is 0 Å². The fourth-order valence-electron chi connectivity index (χ4n) is 1.68. The average molecular weight is 424 g/mol. The van der Waals surface area contributed by atoms with Crippen LogP contribution in [0, 0.1) is 6.92 Å². The molecule has 0 aliphatic heterocycles. The summed E-state index contributed by atoms with van der Waals surface area (Å²) in [5.41, 5.74) is 5.94. The topological polar surface area (TPSA) is 85.3 Å². The maximum absolute atomic E-state index is 12.3. The highest BCUT2D eigenvalue weighted by Gasteiger charge is 2.21. The zero-order valence-corrected chi connectivity index (χ0v) is 14.5. The summed E-state index contributed by atoms with van der Waals surface area (Å²) in [6, 6.07) is 6.66. The molecule has 0 aliphatic rings. The lowest BCUT2D eigenvalue weighted by molar-refractivity contribution is 0.475. The number of nitrogens with one attached hydrogen (secondary N) is 1. The Kier molecular flexibility index (Phi) is 4.58. The first-order chi connectivity index (χ1) is 9.29. The van der Waals surface area contributed by atoms with Crippen LogP contribution >= 0.6 is 31.9 Å². The molecule has 0 aliphatic carbocycles. The van der Waals surface area contributed by atoms with E-state index >= 15 is 0 Å². The van der Waals surface area contributed by atoms with Gasteiger partial charge in [-0.3, -0.25) is 0 Å². The van der Waals surface area contributed by atoms with Gasteiger partial charge in [0.15, 0.2) is 0 Å². The molecule has 0 saturated heterocycles. The normalized spacial score (nSPS) is 11.8. The van der Waals surface area contributed by atoms with E-state index in [2.05, 4.69) is 36.6 Å². The number of furan rings is 1. The first kappa shape index (κ1) is 15.6. The van der Waals surface area contributed by atoms with Crippen molar-refractivity contribution in [2.75, 3.05) is 5.73 Å². The second-order valence-electron chi connectivity index (χ2n) is 4.14. The summed E-state index contributed by atoms with van der Waals surface area (Å²) in [6.45, 7) is 1.86. The van der Waals surface area contributed by atoms with Crippen molar-refractivity contribution in [3.05, 3.63) is 44.7 Å². The molecule has 0 spiro atoms. The Labute approximate surface area is 133 Å². The van der Waals surface area contributed by atoms with Crippen LogP contribution in [-0.4, -0.2) is 8.42 Å². The molecule has 0 amide bonds. The van der Waals surface area contributed by atoms with E-state index in [-0.39, 0.29) is 17.1 Å². The van der Waals surface area contributed by atoms with Crippen LogP contribution in [0.15, 0.2) is 42.5 Å². The number of anilines is 1. The van der Waals surface area contributed by atoms with Gasteiger partial charge in [0, 0.05) is 8.95 Å². The Bertz CT molecular complexity index is 718. The molecule has 2 rings (SSSR count). The Morgan fingerprint density at radius 1 is 1.30 bits per heavy atom. The van der Waals surface area contributed by atoms with Crippen molar-refractivity contribution in [3.63, 3.8) is 0 Å². The van der Waals surface area contributed by atoms with E-state index < -0.39 is 10.0 Å². The number of hydrogen-bond acceptors (Lipinski definition) is 4. The molecule has 5 nitrogen and oxygen atoms in total. The standard InChI is InChI=1S/C12H12Br2N2O3S/c1-7-2-3-9(19-7)6-16-20(17,18)12-10(14)4-8(13)5-11(12)15/h2-5,16H,6,15H2,1H3. The largest absolute Gasteiger partial charge is 0.465 e. The molecule has 0 saturated carbocycles. The smallest absolute Gasteiger partial charge is 0.244 e. The van der Waals surface area contributed by atoms with Crippen LogP contribution in [0.25, 0.3) is 0 Å². The van der Waals surface area contributed by atoms with Gasteiger partial charge in [0.2, 0.25) is 10.0 Å². The monoisotopic (exact) mass is 422 g/mol. The molecule has 108 valence electrons. The summed E-state index contributed by atoms with van der Waals surface area (Å²) in [6.07, 6.45) is 0. The predicted molar refractivity (Wildman–Crippen MR) is 83.7 cm³/mol. The Hall–Kier alpha value is -0.830. The number of halogens is 2. The lowest BCUT2D eigenvalue weighted by Crippen LogP contribution is -2.24. The van der Waals surface area contributed by atoms with Gasteiger partial charge in [-0.1, -0.05) is 15.9 Å². The van der Waals surface area contributed by atoms with Crippen LogP contribution < -0.4 is 10.5 Å². The van der Waals surface area contributed by atoms with Crippen molar-refractivity contribution >= 4 is 47.6 Å². The van der Waals surface area contributed by atoms with Gasteiger partial charge in [0.25, 0.3) is 0 Å². The third-order valence-corrected chi connectivity index (χ3v) is 5.40. The van der Waals surface area contributed by atoms with Gasteiger partial charge in [-0.2, -0.15) is 0 Å². The van der Waals surface area contributed by atoms with Crippen LogP contribution in [0.3, 0.4) is 0 Å². The van der Waals surface area contributed by atoms with E-state index in [9.17, 15) is 8.42 Å². The lowest BCUT2D eigenvalue weighted by atomic mass is 10.3. The number of nitrogen functional groups attached to an aromatic ring is 1. The molecule has 0 radical (unpaired) electrons. The predicted octanol–water partition coefficient (Wildman–Crippen LogP) is 3.17. The van der Waals surface area contributed by atoms with Gasteiger partial charge in [-0.05, 0) is 47.1 Å². The Morgan fingerprint density at radius 2 is 2.00 bits per heavy atom. The number of rotatable bonds is 4. The van der Waals surface area contributed by atoms with Gasteiger partial charge in [-0.15, -0.1) is 0 Å². The highest BCUT2D eigenvalue weighted by atomic mass is 79.9. The van der Waals surface area contributed by atoms with E-state index in [1.165, 1.54) is 6.07 Å². The highest BCUT2D eigenvalue weighted by Crippen LogP contribution is 2.31. The summed E-state index contributed by atoms with van der Waals surface area (Å²) >= 11 is 6.46. The van der Waals surface area contributed by atoms with Crippen LogP contribution in [0.5, 0.6) is 0 Å². The summed E-state index contributed by atoms with van der Waals surface area (Å²) in [5, 5.41) is 0. The number of nitrogens with two attached hydrogens (primary N) is 1. The lowest BCUT2D eigenvalue weighted by Gasteiger charge is -2.10. The van der Waals surface area contributed by atoms with E-state index in [1.807, 2.05) is 0 Å². The van der Waals surface area contributed by atoms with E-state index in [0.29, 0.717) is 14.7 Å². The van der Waals surface area contributed by atoms with Gasteiger partial charge >= 0.3 is 0 Å². The second kappa shape index (κ2) is 5.88. The van der Waals surface area contributed by atoms with Crippen LogP contribution in [-0.2, 0) is 16.6 Å². The van der Waals surface area contributed by atoms with Crippen LogP contribution in [0.4, 0.5) is 5.69 Å². The first-order valence-corrected chi connectivity index (χ1v) is 8.66. The minimum absolute atomic E-state index is 0.0176. The zero-order chi connectivity index (χ0) is 14.9. The number of hydrogen-bond donors (Lipinski definition) is 2. The van der Waals surface area contributed by atoms with Crippen molar-refractivity contribution in [2.24, 2.45) is 0 Å². The van der Waals surface area contributed by atoms with Gasteiger partial charge < -0.3 is 10.2 Å². The summed E-state index contributed by atoms with van der Waals surface area (Å²) in [5.74, 6) is 1.27. The summed E-state index contributed by atoms with van der Waals surface area (Å²) in [4.78, 5) is 0.0176. The zero-order valence-electron chi connectivity index (χ0n) is 10.5. The third kappa shape index (κ3) is 3.43. The molecule has 0 atom stereocenters. The first-order valence-electron chi connectivity index (χ1n) is 5.59. The molecule has 20 heavy (non-hydrogen) atoms. The summed E-state index contributed by atoms with van der Waals surface area (Å²) in [7, 11) is -3.73.